The Bertz CT molecular complexity index is 872. The second-order valence-corrected chi connectivity index (χ2v) is 6.18. The molecule has 0 amide bonds. The number of nitrogens with one attached hydrogen (secondary N) is 1. The van der Waals surface area contributed by atoms with Gasteiger partial charge in [0.25, 0.3) is 0 Å². The molecule has 1 aromatic heterocycles. The maximum atomic E-state index is 11.7. The van der Waals surface area contributed by atoms with Crippen LogP contribution in [0.5, 0.6) is 0 Å². The van der Waals surface area contributed by atoms with Crippen LogP contribution in [0.3, 0.4) is 0 Å². The number of fused-ring (bicyclic) bond motifs is 3. The first-order valence-electron chi connectivity index (χ1n) is 8.25. The fourth-order valence-corrected chi connectivity index (χ4v) is 3.20. The summed E-state index contributed by atoms with van der Waals surface area (Å²) in [5.41, 5.74) is 3.61. The zero-order chi connectivity index (χ0) is 17.3. The fraction of sp³-hybridized carbons (Fsp3) is 0.300. The molecule has 1 heterocycles. The van der Waals surface area contributed by atoms with Crippen molar-refractivity contribution in [2.24, 2.45) is 0 Å². The Morgan fingerprint density at radius 3 is 1.80 bits per heavy atom. The van der Waals surface area contributed by atoms with Gasteiger partial charge in [-0.15, -0.1) is 12.4 Å². The van der Waals surface area contributed by atoms with Gasteiger partial charge in [0.15, 0.2) is 11.6 Å². The van der Waals surface area contributed by atoms with Crippen LogP contribution in [0.15, 0.2) is 36.4 Å². The van der Waals surface area contributed by atoms with Crippen LogP contribution in [0.2, 0.25) is 0 Å². The molecule has 5 heteroatoms. The third-order valence-electron chi connectivity index (χ3n) is 4.49. The molecule has 1 N–H and O–H groups in total. The Kier molecular flexibility index (Phi) is 5.98. The van der Waals surface area contributed by atoms with Gasteiger partial charge in [0, 0.05) is 39.5 Å². The number of benzene rings is 2. The molecule has 3 rings (SSSR count). The molecule has 0 saturated carbocycles. The van der Waals surface area contributed by atoms with Crippen molar-refractivity contribution >= 4 is 45.8 Å². The van der Waals surface area contributed by atoms with Crippen molar-refractivity contribution in [3.63, 3.8) is 0 Å². The standard InChI is InChI=1S/C20H22N2O2.ClH/c1-13(23)15-5-7-19-17(11-15)18-12-16(14(2)24)6-8-20(18)22(19)10-4-9-21-3;/h5-8,11-12,21H,4,9-10H2,1-3H3;1H. The maximum absolute atomic E-state index is 11.7. The highest BCUT2D eigenvalue weighted by Gasteiger charge is 2.13. The van der Waals surface area contributed by atoms with Gasteiger partial charge >= 0.3 is 0 Å². The molecule has 4 nitrogen and oxygen atoms in total. The first-order valence-corrected chi connectivity index (χ1v) is 8.25. The molecule has 0 saturated heterocycles. The van der Waals surface area contributed by atoms with E-state index in [4.69, 9.17) is 0 Å². The van der Waals surface area contributed by atoms with Crippen LogP contribution >= 0.6 is 12.4 Å². The van der Waals surface area contributed by atoms with E-state index in [0.29, 0.717) is 11.1 Å². The summed E-state index contributed by atoms with van der Waals surface area (Å²) in [7, 11) is 1.95. The summed E-state index contributed by atoms with van der Waals surface area (Å²) < 4.78 is 2.27. The molecule has 0 fully saturated rings. The van der Waals surface area contributed by atoms with Gasteiger partial charge < -0.3 is 9.88 Å². The zero-order valence-electron chi connectivity index (χ0n) is 14.8. The molecule has 132 valence electrons. The predicted octanol–water partition coefficient (Wildman–Crippen LogP) is 4.23. The van der Waals surface area contributed by atoms with Gasteiger partial charge in [0.2, 0.25) is 0 Å². The van der Waals surface area contributed by atoms with E-state index in [1.165, 1.54) is 0 Å². The monoisotopic (exact) mass is 358 g/mol. The van der Waals surface area contributed by atoms with Crippen LogP contribution in [0.4, 0.5) is 0 Å². The van der Waals surface area contributed by atoms with Crippen LogP contribution in [0, 0.1) is 0 Å². The molecule has 0 atom stereocenters. The summed E-state index contributed by atoms with van der Waals surface area (Å²) in [5, 5.41) is 5.24. The van der Waals surface area contributed by atoms with Crippen molar-refractivity contribution in [2.75, 3.05) is 13.6 Å². The van der Waals surface area contributed by atoms with Gasteiger partial charge in [-0.25, -0.2) is 0 Å². The number of carbonyl (C=O) groups excluding carboxylic acids is 2. The molecule has 25 heavy (non-hydrogen) atoms. The molecule has 2 aromatic carbocycles. The van der Waals surface area contributed by atoms with Gasteiger partial charge in [0.05, 0.1) is 0 Å². The number of carbonyl (C=O) groups is 2. The second kappa shape index (κ2) is 7.81. The van der Waals surface area contributed by atoms with Crippen LogP contribution in [-0.4, -0.2) is 29.7 Å². The lowest BCUT2D eigenvalue weighted by molar-refractivity contribution is 0.100. The SMILES string of the molecule is CNCCCn1c2ccc(C(C)=O)cc2c2cc(C(C)=O)ccc21.Cl. The largest absolute Gasteiger partial charge is 0.340 e. The number of halogens is 1. The number of nitrogens with zero attached hydrogens (tertiary/aromatic N) is 1. The average Bonchev–Trinajstić information content (AvgIpc) is 2.88. The van der Waals surface area contributed by atoms with Crippen molar-refractivity contribution in [3.8, 4) is 0 Å². The van der Waals surface area contributed by atoms with E-state index in [-0.39, 0.29) is 24.0 Å². The van der Waals surface area contributed by atoms with Gasteiger partial charge in [-0.3, -0.25) is 9.59 Å². The molecule has 0 unspecified atom stereocenters. The van der Waals surface area contributed by atoms with Crippen molar-refractivity contribution in [2.45, 2.75) is 26.8 Å². The number of aryl methyl sites for hydroxylation is 1. The summed E-state index contributed by atoms with van der Waals surface area (Å²) in [5.74, 6) is 0.103. The smallest absolute Gasteiger partial charge is 0.159 e. The highest BCUT2D eigenvalue weighted by molar-refractivity contribution is 6.12. The van der Waals surface area contributed by atoms with Crippen LogP contribution in [0.1, 0.15) is 41.0 Å². The average molecular weight is 359 g/mol. The Hall–Kier alpha value is -2.17. The number of aromatic nitrogens is 1. The molecule has 0 aliphatic heterocycles. The van der Waals surface area contributed by atoms with Crippen molar-refractivity contribution in [3.05, 3.63) is 47.5 Å². The Balaban J connectivity index is 0.00000225. The first kappa shape index (κ1) is 19.2. The molecular weight excluding hydrogens is 336 g/mol. The van der Waals surface area contributed by atoms with E-state index in [0.717, 1.165) is 41.3 Å². The number of ketones is 2. The summed E-state index contributed by atoms with van der Waals surface area (Å²) in [6.45, 7) is 4.99. The van der Waals surface area contributed by atoms with Gasteiger partial charge in [0.1, 0.15) is 0 Å². The van der Waals surface area contributed by atoms with E-state index >= 15 is 0 Å². The number of rotatable bonds is 6. The molecule has 0 aliphatic carbocycles. The summed E-state index contributed by atoms with van der Waals surface area (Å²) in [4.78, 5) is 23.5. The lowest BCUT2D eigenvalue weighted by Gasteiger charge is -2.07. The van der Waals surface area contributed by atoms with E-state index in [1.54, 1.807) is 13.8 Å². The third-order valence-corrected chi connectivity index (χ3v) is 4.49. The zero-order valence-corrected chi connectivity index (χ0v) is 15.6. The Morgan fingerprint density at radius 2 is 1.40 bits per heavy atom. The van der Waals surface area contributed by atoms with Crippen molar-refractivity contribution in [1.29, 1.82) is 0 Å². The Morgan fingerprint density at radius 1 is 0.920 bits per heavy atom. The molecule has 0 aliphatic rings. The van der Waals surface area contributed by atoms with Gasteiger partial charge in [-0.2, -0.15) is 0 Å². The topological polar surface area (TPSA) is 51.1 Å². The summed E-state index contributed by atoms with van der Waals surface area (Å²) >= 11 is 0. The van der Waals surface area contributed by atoms with Gasteiger partial charge in [-0.1, -0.05) is 0 Å². The Labute approximate surface area is 153 Å². The minimum Gasteiger partial charge on any atom is -0.340 e. The third kappa shape index (κ3) is 3.60. The number of hydrogen-bond acceptors (Lipinski definition) is 3. The van der Waals surface area contributed by atoms with E-state index in [2.05, 4.69) is 9.88 Å². The fourth-order valence-electron chi connectivity index (χ4n) is 3.20. The lowest BCUT2D eigenvalue weighted by atomic mass is 10.0. The van der Waals surface area contributed by atoms with Crippen LogP contribution < -0.4 is 5.32 Å². The van der Waals surface area contributed by atoms with Crippen LogP contribution in [0.25, 0.3) is 21.8 Å². The summed E-state index contributed by atoms with van der Waals surface area (Å²) in [6, 6.07) is 11.7. The highest BCUT2D eigenvalue weighted by Crippen LogP contribution is 2.31. The van der Waals surface area contributed by atoms with E-state index < -0.39 is 0 Å². The van der Waals surface area contributed by atoms with Crippen LogP contribution in [-0.2, 0) is 6.54 Å². The minimum atomic E-state index is 0. The molecular formula is C20H23ClN2O2. The van der Waals surface area contributed by atoms with E-state index in [1.807, 2.05) is 43.4 Å². The number of hydrogen-bond donors (Lipinski definition) is 1. The first-order chi connectivity index (χ1) is 11.5. The predicted molar refractivity (Wildman–Crippen MR) is 105 cm³/mol. The second-order valence-electron chi connectivity index (χ2n) is 6.18. The maximum Gasteiger partial charge on any atom is 0.159 e. The minimum absolute atomic E-state index is 0. The molecule has 0 bridgehead atoms. The van der Waals surface area contributed by atoms with Gasteiger partial charge in [-0.05, 0) is 70.3 Å². The van der Waals surface area contributed by atoms with Crippen molar-refractivity contribution < 1.29 is 9.59 Å². The lowest BCUT2D eigenvalue weighted by Crippen LogP contribution is -2.10. The van der Waals surface area contributed by atoms with Crippen molar-refractivity contribution in [1.82, 2.24) is 9.88 Å². The van der Waals surface area contributed by atoms with E-state index in [9.17, 15) is 9.59 Å². The molecule has 0 radical (unpaired) electrons. The quantitative estimate of drug-likeness (QED) is 0.530. The highest BCUT2D eigenvalue weighted by atomic mass is 35.5. The summed E-state index contributed by atoms with van der Waals surface area (Å²) in [6.07, 6.45) is 1.01. The normalized spacial score (nSPS) is 10.8. The molecule has 0 spiro atoms. The number of Topliss-reactive ketones (excluding diaryl/α,β-unsaturated/α-hetero) is 2. The molecule has 3 aromatic rings.